The average Bonchev–Trinajstić information content (AvgIpc) is 3.47. The first-order chi connectivity index (χ1) is 22.4. The van der Waals surface area contributed by atoms with Gasteiger partial charge in [-0.3, -0.25) is 28.8 Å². The van der Waals surface area contributed by atoms with Gasteiger partial charge in [0.05, 0.1) is 12.5 Å². The van der Waals surface area contributed by atoms with Crippen molar-refractivity contribution in [2.24, 2.45) is 0 Å². The second-order valence-electron chi connectivity index (χ2n) is 11.8. The summed E-state index contributed by atoms with van der Waals surface area (Å²) in [5, 5.41) is 38.6. The number of carboxylic acids is 2. The van der Waals surface area contributed by atoms with E-state index < -0.39 is 72.2 Å². The van der Waals surface area contributed by atoms with Gasteiger partial charge in [0.15, 0.2) is 0 Å². The van der Waals surface area contributed by atoms with Gasteiger partial charge in [-0.15, -0.1) is 0 Å². The van der Waals surface area contributed by atoms with Gasteiger partial charge in [0.25, 0.3) is 0 Å². The number of nitrogens with one attached hydrogen (secondary N) is 4. The van der Waals surface area contributed by atoms with E-state index in [-0.39, 0.29) is 25.8 Å². The first-order valence-electron chi connectivity index (χ1n) is 15.4. The topological polar surface area (TPSA) is 218 Å². The van der Waals surface area contributed by atoms with E-state index in [1.165, 1.54) is 11.8 Å². The maximum absolute atomic E-state index is 13.8. The highest BCUT2D eigenvalue weighted by atomic mass is 16.4. The van der Waals surface area contributed by atoms with E-state index in [0.717, 1.165) is 22.4 Å². The number of anilines is 1. The van der Waals surface area contributed by atoms with Crippen molar-refractivity contribution in [3.63, 3.8) is 0 Å². The molecule has 0 bridgehead atoms. The predicted octanol–water partition coefficient (Wildman–Crippen LogP) is 1.19. The molecule has 0 spiro atoms. The highest BCUT2D eigenvalue weighted by Gasteiger charge is 2.39. The van der Waals surface area contributed by atoms with Gasteiger partial charge < -0.3 is 36.4 Å². The number of carbonyl (C=O) groups is 6. The minimum Gasteiger partial charge on any atom is -0.481 e. The van der Waals surface area contributed by atoms with Crippen LogP contribution in [0.25, 0.3) is 0 Å². The zero-order chi connectivity index (χ0) is 34.2. The van der Waals surface area contributed by atoms with Gasteiger partial charge in [-0.25, -0.2) is 0 Å². The number of amides is 4. The summed E-state index contributed by atoms with van der Waals surface area (Å²) >= 11 is 0. The number of nitriles is 1. The number of hydrogen-bond donors (Lipinski definition) is 6. The molecule has 2 aliphatic rings. The standard InChI is InChI=1S/C33H38N6O8/c1-18-10-11-23-20(14-18)12-13-39(29(23)32(46)36-22(17-34)16-28(42)43)33(47)19(2)35-30(44)25(8-5-9-27(40)41)38-31(45)26-15-21-6-3-4-7-24(21)37-26/h3-4,6-7,10-11,14,19,22,25-26,29,37H,5,8-9,12-13,15-16H2,1-2H3,(H,35,44)(H,36,46)(H,38,45)(H,40,41)(H,42,43)/t19-,22-,25-,26?,29?/m0/s1. The number of aryl methyl sites for hydroxylation is 1. The Bertz CT molecular complexity index is 1580. The van der Waals surface area contributed by atoms with E-state index in [1.807, 2.05) is 37.3 Å². The number of hydrogen-bond acceptors (Lipinski definition) is 8. The zero-order valence-electron chi connectivity index (χ0n) is 26.1. The fourth-order valence-corrected chi connectivity index (χ4v) is 5.91. The molecule has 0 aliphatic carbocycles. The maximum atomic E-state index is 13.8. The van der Waals surface area contributed by atoms with Crippen molar-refractivity contribution in [1.29, 1.82) is 5.26 Å². The van der Waals surface area contributed by atoms with Gasteiger partial charge >= 0.3 is 11.9 Å². The largest absolute Gasteiger partial charge is 0.481 e. The van der Waals surface area contributed by atoms with Crippen molar-refractivity contribution in [1.82, 2.24) is 20.9 Å². The van der Waals surface area contributed by atoms with Crippen LogP contribution in [0, 0.1) is 18.3 Å². The molecule has 2 aromatic carbocycles. The van der Waals surface area contributed by atoms with Crippen LogP contribution in [0.2, 0.25) is 0 Å². The monoisotopic (exact) mass is 646 g/mol. The molecular weight excluding hydrogens is 608 g/mol. The Balaban J connectivity index is 1.50. The van der Waals surface area contributed by atoms with Gasteiger partial charge in [0.2, 0.25) is 23.6 Å². The van der Waals surface area contributed by atoms with E-state index in [4.69, 9.17) is 10.2 Å². The normalized spacial score (nSPS) is 18.2. The van der Waals surface area contributed by atoms with Crippen LogP contribution < -0.4 is 21.3 Å². The van der Waals surface area contributed by atoms with E-state index in [1.54, 1.807) is 18.2 Å². The molecule has 2 heterocycles. The molecule has 0 aromatic heterocycles. The predicted molar refractivity (Wildman–Crippen MR) is 168 cm³/mol. The van der Waals surface area contributed by atoms with Crippen LogP contribution >= 0.6 is 0 Å². The lowest BCUT2D eigenvalue weighted by Gasteiger charge is -2.38. The van der Waals surface area contributed by atoms with Crippen LogP contribution in [0.4, 0.5) is 5.69 Å². The van der Waals surface area contributed by atoms with Crippen molar-refractivity contribution < 1.29 is 39.0 Å². The van der Waals surface area contributed by atoms with Crippen LogP contribution in [0.15, 0.2) is 42.5 Å². The van der Waals surface area contributed by atoms with Crippen LogP contribution in [-0.2, 0) is 41.6 Å². The first-order valence-corrected chi connectivity index (χ1v) is 15.4. The lowest BCUT2D eigenvalue weighted by molar-refractivity contribution is -0.144. The molecule has 4 amide bonds. The second-order valence-corrected chi connectivity index (χ2v) is 11.8. The molecule has 5 atom stereocenters. The van der Waals surface area contributed by atoms with E-state index in [2.05, 4.69) is 21.3 Å². The molecule has 6 N–H and O–H groups in total. The number of carbonyl (C=O) groups excluding carboxylic acids is 4. The van der Waals surface area contributed by atoms with Gasteiger partial charge in [-0.05, 0) is 55.9 Å². The quantitative estimate of drug-likeness (QED) is 0.183. The molecule has 14 heteroatoms. The minimum absolute atomic E-state index is 0.00501. The molecule has 2 unspecified atom stereocenters. The maximum Gasteiger partial charge on any atom is 0.306 e. The first kappa shape index (κ1) is 34.4. The van der Waals surface area contributed by atoms with Crippen LogP contribution in [-0.4, -0.2) is 81.4 Å². The third kappa shape index (κ3) is 8.63. The molecule has 4 rings (SSSR count). The molecule has 2 aliphatic heterocycles. The van der Waals surface area contributed by atoms with Crippen molar-refractivity contribution in [2.45, 2.75) is 82.6 Å². The molecule has 0 fully saturated rings. The summed E-state index contributed by atoms with van der Waals surface area (Å²) in [6.07, 6.45) is 0.0533. The summed E-state index contributed by atoms with van der Waals surface area (Å²) in [4.78, 5) is 77.7. The summed E-state index contributed by atoms with van der Waals surface area (Å²) in [5.74, 6) is -4.83. The number of benzene rings is 2. The van der Waals surface area contributed by atoms with Gasteiger partial charge in [-0.1, -0.05) is 42.0 Å². The van der Waals surface area contributed by atoms with Gasteiger partial charge in [0.1, 0.15) is 30.2 Å². The zero-order valence-corrected chi connectivity index (χ0v) is 26.1. The van der Waals surface area contributed by atoms with Crippen molar-refractivity contribution in [3.8, 4) is 6.07 Å². The molecule has 0 saturated carbocycles. The van der Waals surface area contributed by atoms with Gasteiger partial charge in [-0.2, -0.15) is 5.26 Å². The van der Waals surface area contributed by atoms with Crippen molar-refractivity contribution in [2.75, 3.05) is 11.9 Å². The Labute approximate surface area is 271 Å². The Morgan fingerprint density at radius 2 is 1.74 bits per heavy atom. The highest BCUT2D eigenvalue weighted by Crippen LogP contribution is 2.32. The molecule has 0 radical (unpaired) electrons. The van der Waals surface area contributed by atoms with Crippen LogP contribution in [0.5, 0.6) is 0 Å². The lowest BCUT2D eigenvalue weighted by Crippen LogP contribution is -2.57. The fraction of sp³-hybridized carbons (Fsp3) is 0.424. The molecule has 14 nitrogen and oxygen atoms in total. The Morgan fingerprint density at radius 1 is 1.00 bits per heavy atom. The van der Waals surface area contributed by atoms with Crippen molar-refractivity contribution in [3.05, 3.63) is 64.7 Å². The SMILES string of the molecule is Cc1ccc2c(c1)CCN(C(=O)[C@H](C)NC(=O)[C@H](CCCC(=O)O)NC(=O)C1Cc3ccccc3N1)C2C(=O)N[C@H](C#N)CC(=O)O. The molecular formula is C33H38N6O8. The summed E-state index contributed by atoms with van der Waals surface area (Å²) in [6, 6.07) is 9.08. The number of nitrogens with zero attached hydrogens (tertiary/aromatic N) is 2. The average molecular weight is 647 g/mol. The number of rotatable bonds is 13. The number of aliphatic carboxylic acids is 2. The Kier molecular flexibility index (Phi) is 11.1. The minimum atomic E-state index is -1.33. The summed E-state index contributed by atoms with van der Waals surface area (Å²) < 4.78 is 0. The lowest BCUT2D eigenvalue weighted by atomic mass is 9.90. The molecule has 2 aromatic rings. The van der Waals surface area contributed by atoms with Crippen LogP contribution in [0.3, 0.4) is 0 Å². The summed E-state index contributed by atoms with van der Waals surface area (Å²) in [7, 11) is 0. The Morgan fingerprint density at radius 3 is 2.43 bits per heavy atom. The van der Waals surface area contributed by atoms with E-state index in [9.17, 15) is 34.0 Å². The third-order valence-corrected chi connectivity index (χ3v) is 8.24. The van der Waals surface area contributed by atoms with Gasteiger partial charge in [0, 0.05) is 25.1 Å². The number of carboxylic acid groups (broad SMARTS) is 2. The molecule has 47 heavy (non-hydrogen) atoms. The fourth-order valence-electron chi connectivity index (χ4n) is 5.91. The molecule has 0 saturated heterocycles. The highest BCUT2D eigenvalue weighted by molar-refractivity contribution is 5.96. The van der Waals surface area contributed by atoms with Crippen molar-refractivity contribution >= 4 is 41.3 Å². The number of fused-ring (bicyclic) bond motifs is 2. The van der Waals surface area contributed by atoms with E-state index >= 15 is 0 Å². The van der Waals surface area contributed by atoms with Crippen LogP contribution in [0.1, 0.15) is 60.9 Å². The summed E-state index contributed by atoms with van der Waals surface area (Å²) in [5.41, 5.74) is 4.03. The number of para-hydroxylation sites is 1. The third-order valence-electron chi connectivity index (χ3n) is 8.24. The Hall–Kier alpha value is -5.45. The molecule has 248 valence electrons. The summed E-state index contributed by atoms with van der Waals surface area (Å²) in [6.45, 7) is 3.43. The smallest absolute Gasteiger partial charge is 0.306 e. The van der Waals surface area contributed by atoms with E-state index in [0.29, 0.717) is 18.4 Å². The second kappa shape index (κ2) is 15.2.